The molecule has 0 bridgehead atoms. The summed E-state index contributed by atoms with van der Waals surface area (Å²) >= 11 is 0. The molecule has 158 valence electrons. The van der Waals surface area contributed by atoms with Gasteiger partial charge in [0.1, 0.15) is 17.1 Å². The van der Waals surface area contributed by atoms with E-state index in [1.807, 2.05) is 35.2 Å². The first-order chi connectivity index (χ1) is 15.7. The van der Waals surface area contributed by atoms with Gasteiger partial charge in [-0.3, -0.25) is 4.98 Å². The Labute approximate surface area is 183 Å². The number of H-pyrrole nitrogens is 1. The Morgan fingerprint density at radius 1 is 1.09 bits per heavy atom. The summed E-state index contributed by atoms with van der Waals surface area (Å²) < 4.78 is 15.6. The summed E-state index contributed by atoms with van der Waals surface area (Å²) in [6.07, 6.45) is 9.92. The van der Waals surface area contributed by atoms with Gasteiger partial charge in [0.25, 0.3) is 0 Å². The molecule has 1 aliphatic heterocycles. The Morgan fingerprint density at radius 3 is 2.94 bits per heavy atom. The zero-order chi connectivity index (χ0) is 21.5. The van der Waals surface area contributed by atoms with E-state index in [9.17, 15) is 4.39 Å². The molecule has 2 N–H and O–H groups in total. The summed E-state index contributed by atoms with van der Waals surface area (Å²) in [6, 6.07) is 11.8. The van der Waals surface area contributed by atoms with Crippen LogP contribution >= 0.6 is 0 Å². The van der Waals surface area contributed by atoms with Crippen molar-refractivity contribution in [3.05, 3.63) is 84.3 Å². The lowest BCUT2D eigenvalue weighted by Gasteiger charge is -2.12. The Kier molecular flexibility index (Phi) is 4.54. The summed E-state index contributed by atoms with van der Waals surface area (Å²) in [5.41, 5.74) is 6.86. The Hall–Kier alpha value is -3.84. The van der Waals surface area contributed by atoms with Crippen LogP contribution in [0, 0.1) is 5.82 Å². The van der Waals surface area contributed by atoms with Gasteiger partial charge in [0.15, 0.2) is 0 Å². The van der Waals surface area contributed by atoms with Gasteiger partial charge in [-0.15, -0.1) is 0 Å². The molecule has 0 unspecified atom stereocenters. The summed E-state index contributed by atoms with van der Waals surface area (Å²) in [6.45, 7) is 2.38. The second-order valence-electron chi connectivity index (χ2n) is 8.05. The second kappa shape index (κ2) is 7.69. The predicted molar refractivity (Wildman–Crippen MR) is 124 cm³/mol. The van der Waals surface area contributed by atoms with Crippen LogP contribution in [0.2, 0.25) is 0 Å². The molecule has 0 amide bonds. The molecule has 0 saturated heterocycles. The number of hydrogen-bond donors (Lipinski definition) is 2. The highest BCUT2D eigenvalue weighted by molar-refractivity contribution is 5.95. The van der Waals surface area contributed by atoms with Gasteiger partial charge in [-0.1, -0.05) is 6.08 Å². The number of nitrogens with zero attached hydrogens (tertiary/aromatic N) is 4. The Balaban J connectivity index is 1.42. The fourth-order valence-corrected chi connectivity index (χ4v) is 4.37. The van der Waals surface area contributed by atoms with Crippen molar-refractivity contribution < 1.29 is 4.39 Å². The van der Waals surface area contributed by atoms with Crippen molar-refractivity contribution in [2.24, 2.45) is 0 Å². The van der Waals surface area contributed by atoms with Gasteiger partial charge in [-0.25, -0.2) is 14.4 Å². The molecule has 0 aliphatic carbocycles. The lowest BCUT2D eigenvalue weighted by molar-refractivity contribution is 0.616. The van der Waals surface area contributed by atoms with Gasteiger partial charge in [0, 0.05) is 47.2 Å². The van der Waals surface area contributed by atoms with Crippen LogP contribution < -0.4 is 5.32 Å². The topological polar surface area (TPSA) is 71.4 Å². The van der Waals surface area contributed by atoms with Crippen molar-refractivity contribution in [1.82, 2.24) is 29.8 Å². The molecule has 0 aromatic carbocycles. The van der Waals surface area contributed by atoms with E-state index in [4.69, 9.17) is 4.98 Å². The predicted octanol–water partition coefficient (Wildman–Crippen LogP) is 4.54. The van der Waals surface area contributed by atoms with Crippen LogP contribution in [0.25, 0.3) is 38.9 Å². The Morgan fingerprint density at radius 2 is 2.06 bits per heavy atom. The van der Waals surface area contributed by atoms with Crippen molar-refractivity contribution in [2.75, 3.05) is 13.1 Å². The first-order valence-electron chi connectivity index (χ1n) is 10.7. The van der Waals surface area contributed by atoms with Gasteiger partial charge >= 0.3 is 0 Å². The van der Waals surface area contributed by atoms with Crippen LogP contribution in [0.1, 0.15) is 17.7 Å². The van der Waals surface area contributed by atoms with Gasteiger partial charge in [-0.2, -0.15) is 0 Å². The van der Waals surface area contributed by atoms with Crippen LogP contribution in [-0.2, 0) is 6.54 Å². The summed E-state index contributed by atoms with van der Waals surface area (Å²) in [5.74, 6) is -0.334. The van der Waals surface area contributed by atoms with Crippen LogP contribution in [-0.4, -0.2) is 37.6 Å². The molecule has 5 aromatic rings. The van der Waals surface area contributed by atoms with Crippen LogP contribution in [0.5, 0.6) is 0 Å². The molecule has 0 spiro atoms. The maximum Gasteiger partial charge on any atom is 0.141 e. The third-order valence-corrected chi connectivity index (χ3v) is 5.94. The van der Waals surface area contributed by atoms with Crippen LogP contribution in [0.3, 0.4) is 0 Å². The van der Waals surface area contributed by atoms with Crippen LogP contribution in [0.4, 0.5) is 4.39 Å². The number of aromatic nitrogens is 5. The molecule has 0 atom stereocenters. The minimum Gasteiger partial charge on any atom is -0.339 e. The zero-order valence-electron chi connectivity index (χ0n) is 17.3. The van der Waals surface area contributed by atoms with E-state index in [2.05, 4.69) is 38.5 Å². The van der Waals surface area contributed by atoms with Crippen molar-refractivity contribution in [2.45, 2.75) is 13.0 Å². The largest absolute Gasteiger partial charge is 0.339 e. The molecule has 6 nitrogen and oxygen atoms in total. The van der Waals surface area contributed by atoms with E-state index in [1.165, 1.54) is 17.8 Å². The summed E-state index contributed by atoms with van der Waals surface area (Å²) in [7, 11) is 0. The number of hydrogen-bond acceptors (Lipinski definition) is 4. The number of halogens is 1. The normalized spacial score (nSPS) is 14.2. The van der Waals surface area contributed by atoms with Gasteiger partial charge in [-0.05, 0) is 60.5 Å². The molecule has 0 fully saturated rings. The molecule has 6 rings (SSSR count). The van der Waals surface area contributed by atoms with Crippen molar-refractivity contribution >= 4 is 27.6 Å². The third kappa shape index (κ3) is 3.36. The minimum atomic E-state index is -0.334. The monoisotopic (exact) mass is 424 g/mol. The molecular formula is C25H21FN6. The lowest BCUT2D eigenvalue weighted by Crippen LogP contribution is -2.20. The van der Waals surface area contributed by atoms with Gasteiger partial charge in [0.2, 0.25) is 0 Å². The SMILES string of the molecule is Fc1cncc(Cn2ccc3ccc(-c4ccnc5[nH]c(C6=CCNCC6)cc45)nc32)c1. The number of nitrogens with one attached hydrogen (secondary N) is 2. The first-order valence-corrected chi connectivity index (χ1v) is 10.7. The quantitative estimate of drug-likeness (QED) is 0.444. The number of pyridine rings is 3. The molecule has 5 aromatic heterocycles. The van der Waals surface area contributed by atoms with Crippen LogP contribution in [0.15, 0.2) is 67.3 Å². The molecule has 1 aliphatic rings. The summed E-state index contributed by atoms with van der Waals surface area (Å²) in [4.78, 5) is 17.0. The Bertz CT molecular complexity index is 1480. The molecule has 6 heterocycles. The number of aromatic amines is 1. The smallest absolute Gasteiger partial charge is 0.141 e. The number of fused-ring (bicyclic) bond motifs is 2. The van der Waals surface area contributed by atoms with E-state index in [1.54, 1.807) is 6.20 Å². The highest BCUT2D eigenvalue weighted by Gasteiger charge is 2.14. The lowest BCUT2D eigenvalue weighted by atomic mass is 10.0. The summed E-state index contributed by atoms with van der Waals surface area (Å²) in [5, 5.41) is 5.45. The standard InChI is InChI=1S/C25H21FN6/c26-19-11-16(13-28-14-19)15-32-10-6-18-1-2-22(31-25(18)32)20-5-9-29-24-21(20)12-23(30-24)17-3-7-27-8-4-17/h1-3,5-6,9-14,27H,4,7-8,15H2,(H,29,30). The van der Waals surface area contributed by atoms with E-state index in [-0.39, 0.29) is 5.82 Å². The van der Waals surface area contributed by atoms with Crippen molar-refractivity contribution in [3.63, 3.8) is 0 Å². The molecule has 0 radical (unpaired) electrons. The second-order valence-corrected chi connectivity index (χ2v) is 8.05. The van der Waals surface area contributed by atoms with E-state index < -0.39 is 0 Å². The van der Waals surface area contributed by atoms with Crippen molar-refractivity contribution in [1.29, 1.82) is 0 Å². The van der Waals surface area contributed by atoms with E-state index >= 15 is 0 Å². The minimum absolute atomic E-state index is 0.334. The molecule has 7 heteroatoms. The van der Waals surface area contributed by atoms with Gasteiger partial charge in [0.05, 0.1) is 18.4 Å². The van der Waals surface area contributed by atoms with Gasteiger partial charge < -0.3 is 14.9 Å². The highest BCUT2D eigenvalue weighted by atomic mass is 19.1. The average Bonchev–Trinajstić information content (AvgIpc) is 3.44. The first kappa shape index (κ1) is 18.9. The molecular weight excluding hydrogens is 403 g/mol. The zero-order valence-corrected chi connectivity index (χ0v) is 17.3. The van der Waals surface area contributed by atoms with E-state index in [0.29, 0.717) is 6.54 Å². The fourth-order valence-electron chi connectivity index (χ4n) is 4.37. The molecule has 0 saturated carbocycles. The molecule has 32 heavy (non-hydrogen) atoms. The third-order valence-electron chi connectivity index (χ3n) is 5.94. The van der Waals surface area contributed by atoms with Crippen molar-refractivity contribution in [3.8, 4) is 11.3 Å². The van der Waals surface area contributed by atoms with E-state index in [0.717, 1.165) is 64.1 Å². The maximum absolute atomic E-state index is 13.6. The average molecular weight is 424 g/mol. The maximum atomic E-state index is 13.6. The highest BCUT2D eigenvalue weighted by Crippen LogP contribution is 2.31. The number of rotatable bonds is 4. The fraction of sp³-hybridized carbons (Fsp3) is 0.160.